The molecule has 1 aromatic rings. The summed E-state index contributed by atoms with van der Waals surface area (Å²) in [6, 6.07) is 10.7. The van der Waals surface area contributed by atoms with Crippen LogP contribution in [0.2, 0.25) is 0 Å². The molecule has 1 rings (SSSR count). The van der Waals surface area contributed by atoms with Crippen LogP contribution in [-0.2, 0) is 19.1 Å². The van der Waals surface area contributed by atoms with Crippen molar-refractivity contribution >= 4 is 11.9 Å². The van der Waals surface area contributed by atoms with Crippen LogP contribution < -0.4 is 0 Å². The Bertz CT molecular complexity index is 625. The van der Waals surface area contributed by atoms with E-state index >= 15 is 0 Å². The molecular formula is C17H18N2O4. The third-order valence-electron chi connectivity index (χ3n) is 3.23. The zero-order valence-corrected chi connectivity index (χ0v) is 13.1. The highest BCUT2D eigenvalue weighted by Crippen LogP contribution is 2.27. The van der Waals surface area contributed by atoms with Gasteiger partial charge < -0.3 is 9.47 Å². The predicted octanol–water partition coefficient (Wildman–Crippen LogP) is 2.30. The third-order valence-corrected chi connectivity index (χ3v) is 3.23. The van der Waals surface area contributed by atoms with Crippen LogP contribution in [0.3, 0.4) is 0 Å². The quantitative estimate of drug-likeness (QED) is 0.565. The van der Waals surface area contributed by atoms with Gasteiger partial charge in [0.1, 0.15) is 0 Å². The largest absolute Gasteiger partial charge is 0.465 e. The van der Waals surface area contributed by atoms with E-state index in [1.54, 1.807) is 38.1 Å². The van der Waals surface area contributed by atoms with Gasteiger partial charge in [-0.05, 0) is 31.9 Å². The summed E-state index contributed by atoms with van der Waals surface area (Å²) < 4.78 is 9.79. The Balaban J connectivity index is 3.08. The highest BCUT2D eigenvalue weighted by Gasteiger charge is 2.33. The minimum atomic E-state index is -1.19. The number of hydrogen-bond donors (Lipinski definition) is 0. The van der Waals surface area contributed by atoms with Gasteiger partial charge in [0.2, 0.25) is 0 Å². The fraction of sp³-hybridized carbons (Fsp3) is 0.412. The number of benzene rings is 1. The van der Waals surface area contributed by atoms with Crippen LogP contribution in [0.4, 0.5) is 0 Å². The molecule has 0 saturated carbocycles. The van der Waals surface area contributed by atoms with Gasteiger partial charge in [0.05, 0.1) is 36.8 Å². The first-order chi connectivity index (χ1) is 11.1. The minimum Gasteiger partial charge on any atom is -0.465 e. The van der Waals surface area contributed by atoms with Gasteiger partial charge in [-0.3, -0.25) is 9.59 Å². The number of hydrogen-bond acceptors (Lipinski definition) is 6. The van der Waals surface area contributed by atoms with E-state index in [1.165, 1.54) is 0 Å². The molecule has 23 heavy (non-hydrogen) atoms. The molecule has 1 unspecified atom stereocenters. The summed E-state index contributed by atoms with van der Waals surface area (Å²) in [4.78, 5) is 24.0. The van der Waals surface area contributed by atoms with Gasteiger partial charge in [0, 0.05) is 0 Å². The lowest BCUT2D eigenvalue weighted by Gasteiger charge is -2.18. The van der Waals surface area contributed by atoms with E-state index in [-0.39, 0.29) is 19.6 Å². The molecule has 0 aliphatic heterocycles. The molecule has 0 aliphatic rings. The van der Waals surface area contributed by atoms with Crippen LogP contribution in [0, 0.1) is 28.6 Å². The van der Waals surface area contributed by atoms with Crippen molar-refractivity contribution in [3.05, 3.63) is 35.4 Å². The van der Waals surface area contributed by atoms with E-state index in [1.807, 2.05) is 6.07 Å². The van der Waals surface area contributed by atoms with E-state index in [4.69, 9.17) is 14.7 Å². The average molecular weight is 314 g/mol. The Labute approximate surface area is 135 Å². The molecule has 0 saturated heterocycles. The number of esters is 2. The summed E-state index contributed by atoms with van der Waals surface area (Å²) in [7, 11) is 0. The fourth-order valence-electron chi connectivity index (χ4n) is 2.16. The highest BCUT2D eigenvalue weighted by molar-refractivity contribution is 5.95. The van der Waals surface area contributed by atoms with Crippen LogP contribution >= 0.6 is 0 Å². The van der Waals surface area contributed by atoms with Crippen molar-refractivity contribution in [2.24, 2.45) is 5.92 Å². The van der Waals surface area contributed by atoms with Gasteiger partial charge in [-0.1, -0.05) is 18.2 Å². The Hall–Kier alpha value is -2.86. The summed E-state index contributed by atoms with van der Waals surface area (Å²) in [5.41, 5.74) is 0.821. The first-order valence-electron chi connectivity index (χ1n) is 7.30. The SMILES string of the molecule is CCOC(=O)C(CC(C#N)c1ccccc1C#N)C(=O)OCC. The minimum absolute atomic E-state index is 0.0904. The molecule has 0 aromatic heterocycles. The lowest BCUT2D eigenvalue weighted by atomic mass is 9.87. The van der Waals surface area contributed by atoms with Crippen molar-refractivity contribution in [3.8, 4) is 12.1 Å². The van der Waals surface area contributed by atoms with Crippen molar-refractivity contribution in [2.75, 3.05) is 13.2 Å². The molecule has 0 heterocycles. The van der Waals surface area contributed by atoms with Crippen LogP contribution in [0.25, 0.3) is 0 Å². The second-order valence-electron chi connectivity index (χ2n) is 4.67. The first kappa shape index (κ1) is 18.2. The Morgan fingerprint density at radius 1 is 1.09 bits per heavy atom. The van der Waals surface area contributed by atoms with E-state index in [0.717, 1.165) is 0 Å². The predicted molar refractivity (Wildman–Crippen MR) is 80.9 cm³/mol. The van der Waals surface area contributed by atoms with Crippen LogP contribution in [-0.4, -0.2) is 25.2 Å². The average Bonchev–Trinajstić information content (AvgIpc) is 2.56. The van der Waals surface area contributed by atoms with Crippen molar-refractivity contribution in [2.45, 2.75) is 26.2 Å². The summed E-state index contributed by atoms with van der Waals surface area (Å²) in [5.74, 6) is -3.42. The maximum Gasteiger partial charge on any atom is 0.320 e. The second-order valence-corrected chi connectivity index (χ2v) is 4.67. The highest BCUT2D eigenvalue weighted by atomic mass is 16.6. The van der Waals surface area contributed by atoms with E-state index in [9.17, 15) is 14.9 Å². The van der Waals surface area contributed by atoms with E-state index < -0.39 is 23.8 Å². The Morgan fingerprint density at radius 2 is 1.65 bits per heavy atom. The third kappa shape index (κ3) is 4.82. The number of carbonyl (C=O) groups is 2. The molecule has 0 fully saturated rings. The summed E-state index contributed by atoms with van der Waals surface area (Å²) in [6.07, 6.45) is -0.0904. The smallest absolute Gasteiger partial charge is 0.320 e. The lowest BCUT2D eigenvalue weighted by Crippen LogP contribution is -2.29. The van der Waals surface area contributed by atoms with Crippen molar-refractivity contribution in [1.82, 2.24) is 0 Å². The number of rotatable bonds is 7. The molecule has 1 atom stereocenters. The first-order valence-corrected chi connectivity index (χ1v) is 7.30. The second kappa shape index (κ2) is 9.22. The maximum absolute atomic E-state index is 12.0. The Kier molecular flexibility index (Phi) is 7.29. The van der Waals surface area contributed by atoms with E-state index in [0.29, 0.717) is 11.1 Å². The monoisotopic (exact) mass is 314 g/mol. The van der Waals surface area contributed by atoms with Gasteiger partial charge in [-0.2, -0.15) is 10.5 Å². The number of ether oxygens (including phenoxy) is 2. The lowest BCUT2D eigenvalue weighted by molar-refractivity contribution is -0.162. The fourth-order valence-corrected chi connectivity index (χ4v) is 2.16. The molecule has 0 aliphatic carbocycles. The maximum atomic E-state index is 12.0. The topological polar surface area (TPSA) is 100 Å². The van der Waals surface area contributed by atoms with Gasteiger partial charge in [-0.25, -0.2) is 0 Å². The van der Waals surface area contributed by atoms with Crippen LogP contribution in [0.1, 0.15) is 37.3 Å². The van der Waals surface area contributed by atoms with Crippen molar-refractivity contribution < 1.29 is 19.1 Å². The molecule has 120 valence electrons. The molecular weight excluding hydrogens is 296 g/mol. The molecule has 0 N–H and O–H groups in total. The number of carbonyl (C=O) groups excluding carboxylic acids is 2. The number of nitrogens with zero attached hydrogens (tertiary/aromatic N) is 2. The molecule has 0 amide bonds. The van der Waals surface area contributed by atoms with Gasteiger partial charge in [0.15, 0.2) is 5.92 Å². The van der Waals surface area contributed by atoms with E-state index in [2.05, 4.69) is 6.07 Å². The molecule has 6 heteroatoms. The molecule has 0 spiro atoms. The van der Waals surface area contributed by atoms with Gasteiger partial charge in [-0.15, -0.1) is 0 Å². The number of nitriles is 2. The Morgan fingerprint density at radius 3 is 2.13 bits per heavy atom. The summed E-state index contributed by atoms with van der Waals surface area (Å²) in [6.45, 7) is 3.52. The zero-order valence-electron chi connectivity index (χ0n) is 13.1. The standard InChI is InChI=1S/C17H18N2O4/c1-3-22-16(20)15(17(21)23-4-2)9-13(11-19)14-8-6-5-7-12(14)10-18/h5-8,13,15H,3-4,9H2,1-2H3. The van der Waals surface area contributed by atoms with Gasteiger partial charge in [0.25, 0.3) is 0 Å². The van der Waals surface area contributed by atoms with Crippen LogP contribution in [0.15, 0.2) is 24.3 Å². The summed E-state index contributed by atoms with van der Waals surface area (Å²) in [5, 5.41) is 18.5. The van der Waals surface area contributed by atoms with Crippen molar-refractivity contribution in [1.29, 1.82) is 10.5 Å². The summed E-state index contributed by atoms with van der Waals surface area (Å²) >= 11 is 0. The van der Waals surface area contributed by atoms with Crippen molar-refractivity contribution in [3.63, 3.8) is 0 Å². The molecule has 1 aromatic carbocycles. The van der Waals surface area contributed by atoms with Gasteiger partial charge >= 0.3 is 11.9 Å². The van der Waals surface area contributed by atoms with Crippen LogP contribution in [0.5, 0.6) is 0 Å². The zero-order chi connectivity index (χ0) is 17.2. The normalized spacial score (nSPS) is 11.2. The molecule has 6 nitrogen and oxygen atoms in total. The molecule has 0 bridgehead atoms. The molecule has 0 radical (unpaired) electrons.